The van der Waals surface area contributed by atoms with E-state index in [1.807, 2.05) is 12.1 Å². The van der Waals surface area contributed by atoms with Gasteiger partial charge in [0.15, 0.2) is 0 Å². The van der Waals surface area contributed by atoms with Crippen molar-refractivity contribution in [1.82, 2.24) is 4.98 Å². The molecule has 5 nitrogen and oxygen atoms in total. The number of oxime groups is 1. The number of nitrogens with zero attached hydrogens (tertiary/aromatic N) is 3. The van der Waals surface area contributed by atoms with E-state index < -0.39 is 0 Å². The van der Waals surface area contributed by atoms with Crippen molar-refractivity contribution in [2.45, 2.75) is 26.3 Å². The van der Waals surface area contributed by atoms with Gasteiger partial charge < -0.3 is 15.8 Å². The average Bonchev–Trinajstić information content (AvgIpc) is 2.30. The molecule has 1 rings (SSSR count). The second kappa shape index (κ2) is 5.95. The number of rotatable bonds is 5. The van der Waals surface area contributed by atoms with Crippen LogP contribution in [0.25, 0.3) is 0 Å². The normalized spacial score (nSPS) is 11.8. The lowest BCUT2D eigenvalue weighted by atomic mass is 10.2. The molecule has 0 bridgehead atoms. The van der Waals surface area contributed by atoms with Gasteiger partial charge in [0.1, 0.15) is 5.84 Å². The van der Waals surface area contributed by atoms with Gasteiger partial charge in [0.25, 0.3) is 0 Å². The minimum absolute atomic E-state index is 0.250. The summed E-state index contributed by atoms with van der Waals surface area (Å²) in [5, 5.41) is 11.5. The van der Waals surface area contributed by atoms with Crippen LogP contribution in [0.5, 0.6) is 0 Å². The second-order valence-corrected chi connectivity index (χ2v) is 3.83. The summed E-state index contributed by atoms with van der Waals surface area (Å²) in [5.41, 5.74) is 6.55. The molecule has 0 aliphatic heterocycles. The fourth-order valence-corrected chi connectivity index (χ4v) is 1.51. The molecule has 0 aliphatic rings. The van der Waals surface area contributed by atoms with Crippen LogP contribution in [0.3, 0.4) is 0 Å². The smallest absolute Gasteiger partial charge is 0.140 e. The Morgan fingerprint density at radius 1 is 1.50 bits per heavy atom. The molecular weight excluding hydrogens is 204 g/mol. The molecule has 0 radical (unpaired) electrons. The van der Waals surface area contributed by atoms with Gasteiger partial charge in [0, 0.05) is 37.1 Å². The van der Waals surface area contributed by atoms with Gasteiger partial charge in [-0.15, -0.1) is 0 Å². The molecule has 0 aromatic carbocycles. The van der Waals surface area contributed by atoms with Gasteiger partial charge >= 0.3 is 0 Å². The average molecular weight is 222 g/mol. The highest BCUT2D eigenvalue weighted by molar-refractivity contribution is 5.80. The lowest BCUT2D eigenvalue weighted by Crippen LogP contribution is -2.34. The number of anilines is 1. The number of pyridine rings is 1. The first-order chi connectivity index (χ1) is 7.65. The highest BCUT2D eigenvalue weighted by Crippen LogP contribution is 2.15. The molecule has 16 heavy (non-hydrogen) atoms. The Hall–Kier alpha value is -1.78. The summed E-state index contributed by atoms with van der Waals surface area (Å²) in [7, 11) is 0. The van der Waals surface area contributed by atoms with Crippen molar-refractivity contribution in [3.8, 4) is 0 Å². The Kier molecular flexibility index (Phi) is 4.57. The van der Waals surface area contributed by atoms with Crippen LogP contribution in [0.1, 0.15) is 20.3 Å². The third kappa shape index (κ3) is 3.42. The van der Waals surface area contributed by atoms with Crippen LogP contribution in [-0.4, -0.2) is 28.6 Å². The molecule has 0 saturated carbocycles. The molecule has 0 saturated heterocycles. The first-order valence-corrected chi connectivity index (χ1v) is 5.28. The molecular formula is C11H18N4O. The Morgan fingerprint density at radius 3 is 2.62 bits per heavy atom. The summed E-state index contributed by atoms with van der Waals surface area (Å²) in [5.74, 6) is 0.250. The summed E-state index contributed by atoms with van der Waals surface area (Å²) in [6.07, 6.45) is 4.05. The number of aromatic nitrogens is 1. The molecule has 1 heterocycles. The van der Waals surface area contributed by atoms with Crippen molar-refractivity contribution in [3.63, 3.8) is 0 Å². The van der Waals surface area contributed by atoms with Crippen LogP contribution < -0.4 is 10.6 Å². The van der Waals surface area contributed by atoms with E-state index in [4.69, 9.17) is 10.9 Å². The Bertz CT molecular complexity index is 337. The monoisotopic (exact) mass is 222 g/mol. The first kappa shape index (κ1) is 12.3. The third-order valence-corrected chi connectivity index (χ3v) is 2.36. The van der Waals surface area contributed by atoms with Crippen molar-refractivity contribution in [2.24, 2.45) is 10.9 Å². The van der Waals surface area contributed by atoms with Gasteiger partial charge in [-0.05, 0) is 26.0 Å². The highest BCUT2D eigenvalue weighted by atomic mass is 16.4. The summed E-state index contributed by atoms with van der Waals surface area (Å²) < 4.78 is 0. The topological polar surface area (TPSA) is 74.7 Å². The third-order valence-electron chi connectivity index (χ3n) is 2.36. The lowest BCUT2D eigenvalue weighted by Gasteiger charge is -2.28. The number of nitrogens with two attached hydrogens (primary N) is 1. The van der Waals surface area contributed by atoms with Crippen molar-refractivity contribution in [1.29, 1.82) is 0 Å². The van der Waals surface area contributed by atoms with Crippen molar-refractivity contribution >= 4 is 11.5 Å². The van der Waals surface area contributed by atoms with E-state index in [2.05, 4.69) is 28.9 Å². The zero-order valence-corrected chi connectivity index (χ0v) is 9.67. The molecule has 0 amide bonds. The molecule has 88 valence electrons. The van der Waals surface area contributed by atoms with Crippen LogP contribution in [0.4, 0.5) is 5.69 Å². The van der Waals surface area contributed by atoms with Gasteiger partial charge in [0.2, 0.25) is 0 Å². The predicted molar refractivity (Wildman–Crippen MR) is 64.7 cm³/mol. The van der Waals surface area contributed by atoms with Gasteiger partial charge in [0.05, 0.1) is 0 Å². The van der Waals surface area contributed by atoms with E-state index in [0.29, 0.717) is 12.5 Å². The fourth-order valence-electron chi connectivity index (χ4n) is 1.51. The van der Waals surface area contributed by atoms with E-state index in [0.717, 1.165) is 12.2 Å². The number of hydrogen-bond donors (Lipinski definition) is 2. The molecule has 0 aliphatic carbocycles. The predicted octanol–water partition coefficient (Wildman–Crippen LogP) is 1.43. The SMILES string of the molecule is CC(C)N(CCC(N)=NO)c1ccncc1. The minimum Gasteiger partial charge on any atom is -0.409 e. The summed E-state index contributed by atoms with van der Waals surface area (Å²) in [6, 6.07) is 4.26. The molecule has 0 fully saturated rings. The van der Waals surface area contributed by atoms with Gasteiger partial charge in [-0.25, -0.2) is 0 Å². The Morgan fingerprint density at radius 2 is 2.12 bits per heavy atom. The Labute approximate surface area is 95.6 Å². The van der Waals surface area contributed by atoms with E-state index in [1.54, 1.807) is 12.4 Å². The summed E-state index contributed by atoms with van der Waals surface area (Å²) in [6.45, 7) is 4.93. The standard InChI is InChI=1S/C11H18N4O/c1-9(2)15(8-5-11(12)14-16)10-3-6-13-7-4-10/h3-4,6-7,9,16H,5,8H2,1-2H3,(H2,12,14). The first-order valence-electron chi connectivity index (χ1n) is 5.28. The van der Waals surface area contributed by atoms with Crippen molar-refractivity contribution in [2.75, 3.05) is 11.4 Å². The molecule has 1 aromatic heterocycles. The van der Waals surface area contributed by atoms with Crippen LogP contribution in [0.2, 0.25) is 0 Å². The van der Waals surface area contributed by atoms with E-state index in [9.17, 15) is 0 Å². The molecule has 0 atom stereocenters. The summed E-state index contributed by atoms with van der Waals surface area (Å²) in [4.78, 5) is 6.16. The molecule has 5 heteroatoms. The van der Waals surface area contributed by atoms with Crippen molar-refractivity contribution < 1.29 is 5.21 Å². The zero-order chi connectivity index (χ0) is 12.0. The maximum atomic E-state index is 8.49. The van der Waals surface area contributed by atoms with Crippen LogP contribution in [0, 0.1) is 0 Å². The summed E-state index contributed by atoms with van der Waals surface area (Å²) >= 11 is 0. The maximum absolute atomic E-state index is 8.49. The van der Waals surface area contributed by atoms with Gasteiger partial charge in [-0.2, -0.15) is 0 Å². The van der Waals surface area contributed by atoms with Gasteiger partial charge in [-0.3, -0.25) is 4.98 Å². The van der Waals surface area contributed by atoms with Gasteiger partial charge in [-0.1, -0.05) is 5.16 Å². The van der Waals surface area contributed by atoms with E-state index in [-0.39, 0.29) is 5.84 Å². The second-order valence-electron chi connectivity index (χ2n) is 3.83. The quantitative estimate of drug-likeness (QED) is 0.342. The number of amidine groups is 1. The number of hydrogen-bond acceptors (Lipinski definition) is 4. The lowest BCUT2D eigenvalue weighted by molar-refractivity contribution is 0.317. The molecule has 1 aromatic rings. The molecule has 0 spiro atoms. The largest absolute Gasteiger partial charge is 0.409 e. The molecule has 3 N–H and O–H groups in total. The van der Waals surface area contributed by atoms with E-state index >= 15 is 0 Å². The highest BCUT2D eigenvalue weighted by Gasteiger charge is 2.10. The zero-order valence-electron chi connectivity index (χ0n) is 9.67. The fraction of sp³-hybridized carbons (Fsp3) is 0.455. The van der Waals surface area contributed by atoms with E-state index in [1.165, 1.54) is 0 Å². The maximum Gasteiger partial charge on any atom is 0.140 e. The van der Waals surface area contributed by atoms with Crippen LogP contribution in [-0.2, 0) is 0 Å². The Balaban J connectivity index is 2.69. The minimum atomic E-state index is 0.250. The molecule has 0 unspecified atom stereocenters. The van der Waals surface area contributed by atoms with Crippen LogP contribution in [0.15, 0.2) is 29.7 Å². The van der Waals surface area contributed by atoms with Crippen molar-refractivity contribution in [3.05, 3.63) is 24.5 Å². The van der Waals surface area contributed by atoms with Crippen LogP contribution >= 0.6 is 0 Å².